The first kappa shape index (κ1) is 21.3. The molecule has 2 heterocycles. The Morgan fingerprint density at radius 1 is 1.00 bits per heavy atom. The molecule has 7 nitrogen and oxygen atoms in total. The van der Waals surface area contributed by atoms with Gasteiger partial charge < -0.3 is 15.2 Å². The normalized spacial score (nSPS) is 11.6. The molecule has 4 aromatic rings. The van der Waals surface area contributed by atoms with Crippen LogP contribution in [0.5, 0.6) is 0 Å². The van der Waals surface area contributed by atoms with Gasteiger partial charge in [0.05, 0.1) is 9.88 Å². The van der Waals surface area contributed by atoms with Gasteiger partial charge in [0, 0.05) is 25.1 Å². The summed E-state index contributed by atoms with van der Waals surface area (Å²) in [6.45, 7) is 0. The summed E-state index contributed by atoms with van der Waals surface area (Å²) < 4.78 is 15.2. The van der Waals surface area contributed by atoms with Gasteiger partial charge in [-0.15, -0.1) is 11.3 Å². The molecule has 0 aliphatic heterocycles. The van der Waals surface area contributed by atoms with Crippen molar-refractivity contribution in [2.75, 3.05) is 10.6 Å². The summed E-state index contributed by atoms with van der Waals surface area (Å²) in [7, 11) is 1.82. The number of nitrogens with one attached hydrogen (secondary N) is 3. The number of rotatable bonds is 6. The number of imidazole rings is 1. The maximum absolute atomic E-state index is 13.4. The van der Waals surface area contributed by atoms with Crippen molar-refractivity contribution in [3.05, 3.63) is 101 Å². The summed E-state index contributed by atoms with van der Waals surface area (Å²) >= 11 is 1.15. The zero-order valence-electron chi connectivity index (χ0n) is 17.1. The van der Waals surface area contributed by atoms with Crippen LogP contribution in [0, 0.1) is 5.82 Å². The van der Waals surface area contributed by atoms with Gasteiger partial charge in [-0.05, 0) is 42.0 Å². The Morgan fingerprint density at radius 2 is 1.75 bits per heavy atom. The number of carbonyl (C=O) groups excluding carboxylic acids is 2. The highest BCUT2D eigenvalue weighted by Gasteiger charge is 2.22. The first-order valence-corrected chi connectivity index (χ1v) is 10.6. The zero-order valence-corrected chi connectivity index (χ0v) is 17.9. The number of hydrogen-bond acceptors (Lipinski definition) is 4. The minimum absolute atomic E-state index is 0.330. The van der Waals surface area contributed by atoms with Gasteiger partial charge in [-0.2, -0.15) is 0 Å². The molecule has 1 unspecified atom stereocenters. The molecule has 3 amide bonds. The van der Waals surface area contributed by atoms with E-state index < -0.39 is 12.1 Å². The number of halogens is 1. The second kappa shape index (κ2) is 9.44. The molecular weight excluding hydrogens is 429 g/mol. The van der Waals surface area contributed by atoms with E-state index in [-0.39, 0.29) is 11.7 Å². The smallest absolute Gasteiger partial charge is 0.324 e. The van der Waals surface area contributed by atoms with Gasteiger partial charge in [-0.3, -0.25) is 10.1 Å². The minimum Gasteiger partial charge on any atom is -0.337 e. The largest absolute Gasteiger partial charge is 0.337 e. The highest BCUT2D eigenvalue weighted by atomic mass is 32.1. The van der Waals surface area contributed by atoms with Crippen LogP contribution >= 0.6 is 11.3 Å². The lowest BCUT2D eigenvalue weighted by molar-refractivity contribution is 0.0945. The highest BCUT2D eigenvalue weighted by Crippen LogP contribution is 2.25. The standard InChI is InChI=1S/C23H20FN5O2S/c1-29-14-13-25-21(29)20(15-7-9-16(24)10-8-15)28-22(30)18-11-12-19(32-18)27-23(31)26-17-5-3-2-4-6-17/h2-14,20H,1H3,(H,28,30)(H2,26,27,31). The molecule has 2 aromatic carbocycles. The lowest BCUT2D eigenvalue weighted by atomic mass is 10.1. The maximum Gasteiger partial charge on any atom is 0.324 e. The third-order valence-corrected chi connectivity index (χ3v) is 5.69. The number of amides is 3. The second-order valence-electron chi connectivity index (χ2n) is 6.96. The molecule has 0 spiro atoms. The summed E-state index contributed by atoms with van der Waals surface area (Å²) in [4.78, 5) is 29.9. The summed E-state index contributed by atoms with van der Waals surface area (Å²) in [6, 6.07) is 17.3. The Balaban J connectivity index is 1.47. The molecule has 0 aliphatic carbocycles. The molecule has 0 saturated carbocycles. The minimum atomic E-state index is -0.567. The van der Waals surface area contributed by atoms with Crippen LogP contribution < -0.4 is 16.0 Å². The van der Waals surface area contributed by atoms with Gasteiger partial charge in [-0.1, -0.05) is 30.3 Å². The number of aryl methyl sites for hydroxylation is 1. The van der Waals surface area contributed by atoms with Gasteiger partial charge in [0.1, 0.15) is 17.7 Å². The van der Waals surface area contributed by atoms with Gasteiger partial charge in [-0.25, -0.2) is 14.2 Å². The van der Waals surface area contributed by atoms with Crippen molar-refractivity contribution in [2.45, 2.75) is 6.04 Å². The lowest BCUT2D eigenvalue weighted by Crippen LogP contribution is -2.30. The average molecular weight is 450 g/mol. The van der Waals surface area contributed by atoms with E-state index >= 15 is 0 Å². The number of para-hydroxylation sites is 1. The van der Waals surface area contributed by atoms with Crippen molar-refractivity contribution >= 4 is 34.0 Å². The Labute approximate surface area is 187 Å². The van der Waals surface area contributed by atoms with Crippen LogP contribution in [-0.2, 0) is 7.05 Å². The molecule has 4 rings (SSSR count). The fourth-order valence-electron chi connectivity index (χ4n) is 3.13. The quantitative estimate of drug-likeness (QED) is 0.396. The summed E-state index contributed by atoms with van der Waals surface area (Å²) in [5.74, 6) is -0.0765. The number of nitrogens with zero attached hydrogens (tertiary/aromatic N) is 2. The lowest BCUT2D eigenvalue weighted by Gasteiger charge is -2.19. The summed E-state index contributed by atoms with van der Waals surface area (Å²) in [5, 5.41) is 8.93. The van der Waals surface area contributed by atoms with Crippen molar-refractivity contribution in [2.24, 2.45) is 7.05 Å². The van der Waals surface area contributed by atoms with Crippen LogP contribution in [0.2, 0.25) is 0 Å². The third kappa shape index (κ3) is 5.01. The first-order valence-electron chi connectivity index (χ1n) is 9.76. The number of anilines is 2. The molecule has 0 fully saturated rings. The van der Waals surface area contributed by atoms with E-state index in [0.717, 1.165) is 11.3 Å². The average Bonchev–Trinajstić information content (AvgIpc) is 3.42. The van der Waals surface area contributed by atoms with E-state index in [4.69, 9.17) is 0 Å². The van der Waals surface area contributed by atoms with Crippen LogP contribution in [0.15, 0.2) is 79.1 Å². The number of urea groups is 1. The van der Waals surface area contributed by atoms with Gasteiger partial charge in [0.2, 0.25) is 0 Å². The highest BCUT2D eigenvalue weighted by molar-refractivity contribution is 7.18. The van der Waals surface area contributed by atoms with E-state index in [1.165, 1.54) is 12.1 Å². The van der Waals surface area contributed by atoms with Gasteiger partial charge in [0.25, 0.3) is 5.91 Å². The van der Waals surface area contributed by atoms with Crippen LogP contribution in [0.1, 0.15) is 27.1 Å². The zero-order chi connectivity index (χ0) is 22.5. The van der Waals surface area contributed by atoms with Crippen molar-refractivity contribution in [3.8, 4) is 0 Å². The Morgan fingerprint density at radius 3 is 2.44 bits per heavy atom. The van der Waals surface area contributed by atoms with E-state index in [1.54, 1.807) is 53.4 Å². The van der Waals surface area contributed by atoms with Crippen molar-refractivity contribution in [3.63, 3.8) is 0 Å². The van der Waals surface area contributed by atoms with Gasteiger partial charge in [0.15, 0.2) is 0 Å². The van der Waals surface area contributed by atoms with Crippen molar-refractivity contribution < 1.29 is 14.0 Å². The molecule has 1 atom stereocenters. The SMILES string of the molecule is Cn1ccnc1C(NC(=O)c1ccc(NC(=O)Nc2ccccc2)s1)c1ccc(F)cc1. The van der Waals surface area contributed by atoms with E-state index in [9.17, 15) is 14.0 Å². The third-order valence-electron chi connectivity index (χ3n) is 4.69. The number of thiophene rings is 1. The number of aromatic nitrogens is 2. The summed E-state index contributed by atoms with van der Waals surface area (Å²) in [6.07, 6.45) is 3.41. The maximum atomic E-state index is 13.4. The predicted molar refractivity (Wildman–Crippen MR) is 122 cm³/mol. The van der Waals surface area contributed by atoms with E-state index in [1.807, 2.05) is 25.2 Å². The fraction of sp³-hybridized carbons (Fsp3) is 0.0870. The van der Waals surface area contributed by atoms with E-state index in [2.05, 4.69) is 20.9 Å². The molecule has 32 heavy (non-hydrogen) atoms. The van der Waals surface area contributed by atoms with Crippen molar-refractivity contribution in [1.82, 2.24) is 14.9 Å². The molecule has 162 valence electrons. The molecule has 3 N–H and O–H groups in total. The van der Waals surface area contributed by atoms with Crippen LogP contribution in [0.25, 0.3) is 0 Å². The Kier molecular flexibility index (Phi) is 6.27. The molecule has 0 bridgehead atoms. The van der Waals surface area contributed by atoms with Crippen molar-refractivity contribution in [1.29, 1.82) is 0 Å². The number of hydrogen-bond donors (Lipinski definition) is 3. The summed E-state index contributed by atoms with van der Waals surface area (Å²) in [5.41, 5.74) is 1.36. The topological polar surface area (TPSA) is 88.1 Å². The Bertz CT molecular complexity index is 1220. The molecule has 0 radical (unpaired) electrons. The van der Waals surface area contributed by atoms with Crippen LogP contribution in [0.4, 0.5) is 19.9 Å². The second-order valence-corrected chi connectivity index (χ2v) is 8.05. The molecule has 9 heteroatoms. The van der Waals surface area contributed by atoms with E-state index in [0.29, 0.717) is 27.0 Å². The molecule has 0 saturated heterocycles. The number of benzene rings is 2. The number of carbonyl (C=O) groups is 2. The Hall–Kier alpha value is -3.98. The molecule has 0 aliphatic rings. The van der Waals surface area contributed by atoms with Crippen LogP contribution in [-0.4, -0.2) is 21.5 Å². The first-order chi connectivity index (χ1) is 15.5. The fourth-order valence-corrected chi connectivity index (χ4v) is 3.94. The van der Waals surface area contributed by atoms with Gasteiger partial charge >= 0.3 is 6.03 Å². The molecular formula is C23H20FN5O2S. The monoisotopic (exact) mass is 449 g/mol. The molecule has 2 aromatic heterocycles. The van der Waals surface area contributed by atoms with Crippen LogP contribution in [0.3, 0.4) is 0 Å². The predicted octanol–water partition coefficient (Wildman–Crippen LogP) is 4.78.